The summed E-state index contributed by atoms with van der Waals surface area (Å²) in [4.78, 5) is 11.0. The van der Waals surface area contributed by atoms with E-state index in [2.05, 4.69) is 0 Å². The molecule has 2 unspecified atom stereocenters. The summed E-state index contributed by atoms with van der Waals surface area (Å²) in [6.45, 7) is 3.10. The van der Waals surface area contributed by atoms with Crippen molar-refractivity contribution in [1.82, 2.24) is 0 Å². The number of carbonyl (C=O) groups is 1. The molecule has 0 aromatic rings. The van der Waals surface area contributed by atoms with E-state index in [-0.39, 0.29) is 19.0 Å². The van der Waals surface area contributed by atoms with Gasteiger partial charge >= 0.3 is 0 Å². The van der Waals surface area contributed by atoms with Gasteiger partial charge in [0.15, 0.2) is 5.78 Å². The molecule has 0 radical (unpaired) electrons. The largest absolute Gasteiger partial charge is 0.394 e. The van der Waals surface area contributed by atoms with Crippen molar-refractivity contribution in [3.05, 3.63) is 0 Å². The van der Waals surface area contributed by atoms with Crippen LogP contribution in [0.1, 0.15) is 26.7 Å². The molecule has 0 aliphatic carbocycles. The number of aliphatic hydroxyl groups excluding tert-OH is 2. The van der Waals surface area contributed by atoms with Gasteiger partial charge in [-0.2, -0.15) is 0 Å². The second-order valence-electron chi connectivity index (χ2n) is 3.06. The van der Waals surface area contributed by atoms with Crippen LogP contribution in [0.25, 0.3) is 0 Å². The first-order valence-electron chi connectivity index (χ1n) is 4.52. The summed E-state index contributed by atoms with van der Waals surface area (Å²) in [5.41, 5.74) is 0. The minimum absolute atomic E-state index is 0.0146. The Morgan fingerprint density at radius 3 is 2.54 bits per heavy atom. The SMILES string of the molecule is CCCC(OCC(O)CO)C(C)=O. The predicted octanol–water partition coefficient (Wildman–Crippen LogP) is 0.114. The standard InChI is InChI=1S/C9H18O4/c1-3-4-9(7(2)11)13-6-8(12)5-10/h8-10,12H,3-6H2,1-2H3. The lowest BCUT2D eigenvalue weighted by molar-refractivity contribution is -0.131. The van der Waals surface area contributed by atoms with Gasteiger partial charge in [0.05, 0.1) is 13.2 Å². The molecule has 0 saturated carbocycles. The molecule has 4 nitrogen and oxygen atoms in total. The second-order valence-corrected chi connectivity index (χ2v) is 3.06. The molecule has 0 aromatic carbocycles. The molecule has 0 heterocycles. The first-order chi connectivity index (χ1) is 6.11. The number of aliphatic hydroxyl groups is 2. The molecule has 0 spiro atoms. The summed E-state index contributed by atoms with van der Waals surface area (Å²) >= 11 is 0. The van der Waals surface area contributed by atoms with Crippen LogP contribution in [0.3, 0.4) is 0 Å². The number of ether oxygens (including phenoxy) is 1. The topological polar surface area (TPSA) is 66.8 Å². The maximum Gasteiger partial charge on any atom is 0.158 e. The maximum absolute atomic E-state index is 11.0. The molecule has 2 atom stereocenters. The second kappa shape index (κ2) is 7.00. The molecule has 0 aliphatic rings. The Morgan fingerprint density at radius 2 is 2.15 bits per heavy atom. The number of carbonyl (C=O) groups excluding carboxylic acids is 1. The van der Waals surface area contributed by atoms with Crippen molar-refractivity contribution in [2.24, 2.45) is 0 Å². The van der Waals surface area contributed by atoms with Crippen molar-refractivity contribution in [3.63, 3.8) is 0 Å². The third kappa shape index (κ3) is 5.74. The number of ketones is 1. The first-order valence-corrected chi connectivity index (χ1v) is 4.52. The predicted molar refractivity (Wildman–Crippen MR) is 48.4 cm³/mol. The maximum atomic E-state index is 11.0. The Hall–Kier alpha value is -0.450. The molecule has 78 valence electrons. The highest BCUT2D eigenvalue weighted by Crippen LogP contribution is 2.04. The zero-order valence-corrected chi connectivity index (χ0v) is 8.19. The highest BCUT2D eigenvalue weighted by molar-refractivity contribution is 5.80. The average molecular weight is 190 g/mol. The molecule has 0 rings (SSSR count). The van der Waals surface area contributed by atoms with Crippen molar-refractivity contribution in [2.75, 3.05) is 13.2 Å². The van der Waals surface area contributed by atoms with Crippen molar-refractivity contribution >= 4 is 5.78 Å². The molecule has 0 amide bonds. The Bertz CT molecular complexity index is 147. The zero-order chi connectivity index (χ0) is 10.3. The Balaban J connectivity index is 3.75. The van der Waals surface area contributed by atoms with Gasteiger partial charge in [-0.15, -0.1) is 0 Å². The van der Waals surface area contributed by atoms with Crippen molar-refractivity contribution in [3.8, 4) is 0 Å². The van der Waals surface area contributed by atoms with Crippen LogP contribution in [-0.2, 0) is 9.53 Å². The summed E-state index contributed by atoms with van der Waals surface area (Å²) in [5.74, 6) is -0.0352. The van der Waals surface area contributed by atoms with Gasteiger partial charge in [-0.25, -0.2) is 0 Å². The van der Waals surface area contributed by atoms with Crippen molar-refractivity contribution in [2.45, 2.75) is 38.9 Å². The molecule has 0 aliphatic heterocycles. The van der Waals surface area contributed by atoms with Crippen LogP contribution in [0.2, 0.25) is 0 Å². The normalized spacial score (nSPS) is 15.4. The Labute approximate surface area is 78.5 Å². The number of hydrogen-bond acceptors (Lipinski definition) is 4. The lowest BCUT2D eigenvalue weighted by atomic mass is 10.1. The molecule has 0 saturated heterocycles. The lowest BCUT2D eigenvalue weighted by Gasteiger charge is -2.15. The van der Waals surface area contributed by atoms with Crippen LogP contribution in [0, 0.1) is 0 Å². The number of hydrogen-bond donors (Lipinski definition) is 2. The van der Waals surface area contributed by atoms with E-state index in [0.29, 0.717) is 6.42 Å². The molecule has 4 heteroatoms. The van der Waals surface area contributed by atoms with E-state index in [9.17, 15) is 4.79 Å². The summed E-state index contributed by atoms with van der Waals surface area (Å²) < 4.78 is 5.14. The van der Waals surface area contributed by atoms with Gasteiger partial charge in [0.1, 0.15) is 12.2 Å². The van der Waals surface area contributed by atoms with E-state index in [1.54, 1.807) is 0 Å². The number of Topliss-reactive ketones (excluding diaryl/α,β-unsaturated/α-hetero) is 1. The quantitative estimate of drug-likeness (QED) is 0.598. The van der Waals surface area contributed by atoms with Gasteiger partial charge in [-0.3, -0.25) is 4.79 Å². The van der Waals surface area contributed by atoms with E-state index in [1.807, 2.05) is 6.92 Å². The molecule has 0 fully saturated rings. The van der Waals surface area contributed by atoms with Gasteiger partial charge < -0.3 is 14.9 Å². The zero-order valence-electron chi connectivity index (χ0n) is 8.19. The lowest BCUT2D eigenvalue weighted by Crippen LogP contribution is -2.28. The van der Waals surface area contributed by atoms with Crippen LogP contribution in [0.15, 0.2) is 0 Å². The van der Waals surface area contributed by atoms with Gasteiger partial charge in [0, 0.05) is 0 Å². The third-order valence-electron chi connectivity index (χ3n) is 1.70. The van der Waals surface area contributed by atoms with E-state index in [1.165, 1.54) is 6.92 Å². The van der Waals surface area contributed by atoms with Gasteiger partial charge in [-0.1, -0.05) is 13.3 Å². The minimum atomic E-state index is -0.890. The van der Waals surface area contributed by atoms with Crippen LogP contribution in [-0.4, -0.2) is 41.4 Å². The third-order valence-corrected chi connectivity index (χ3v) is 1.70. The Kier molecular flexibility index (Phi) is 6.76. The number of rotatable bonds is 7. The monoisotopic (exact) mass is 190 g/mol. The van der Waals surface area contributed by atoms with Gasteiger partial charge in [0.25, 0.3) is 0 Å². The highest BCUT2D eigenvalue weighted by atomic mass is 16.5. The van der Waals surface area contributed by atoms with Crippen molar-refractivity contribution in [1.29, 1.82) is 0 Å². The molecule has 0 aromatic heterocycles. The fourth-order valence-electron chi connectivity index (χ4n) is 0.946. The summed E-state index contributed by atoms with van der Waals surface area (Å²) in [6, 6.07) is 0. The molecule has 13 heavy (non-hydrogen) atoms. The van der Waals surface area contributed by atoms with Gasteiger partial charge in [-0.05, 0) is 13.3 Å². The fourth-order valence-corrected chi connectivity index (χ4v) is 0.946. The summed E-state index contributed by atoms with van der Waals surface area (Å²) in [7, 11) is 0. The molecule has 0 bridgehead atoms. The van der Waals surface area contributed by atoms with Crippen LogP contribution < -0.4 is 0 Å². The highest BCUT2D eigenvalue weighted by Gasteiger charge is 2.14. The van der Waals surface area contributed by atoms with Crippen LogP contribution in [0.5, 0.6) is 0 Å². The van der Waals surface area contributed by atoms with Crippen LogP contribution >= 0.6 is 0 Å². The molecular weight excluding hydrogens is 172 g/mol. The average Bonchev–Trinajstić information content (AvgIpc) is 2.11. The van der Waals surface area contributed by atoms with E-state index in [0.717, 1.165) is 6.42 Å². The van der Waals surface area contributed by atoms with Crippen molar-refractivity contribution < 1.29 is 19.7 Å². The van der Waals surface area contributed by atoms with Crippen LogP contribution in [0.4, 0.5) is 0 Å². The minimum Gasteiger partial charge on any atom is -0.394 e. The summed E-state index contributed by atoms with van der Waals surface area (Å²) in [6.07, 6.45) is 0.192. The van der Waals surface area contributed by atoms with E-state index >= 15 is 0 Å². The van der Waals surface area contributed by atoms with E-state index in [4.69, 9.17) is 14.9 Å². The Morgan fingerprint density at radius 1 is 1.54 bits per heavy atom. The smallest absolute Gasteiger partial charge is 0.158 e. The summed E-state index contributed by atoms with van der Waals surface area (Å²) in [5, 5.41) is 17.5. The first kappa shape index (κ1) is 12.6. The van der Waals surface area contributed by atoms with Gasteiger partial charge in [0.2, 0.25) is 0 Å². The molecule has 2 N–H and O–H groups in total. The fraction of sp³-hybridized carbons (Fsp3) is 0.889. The molecular formula is C9H18O4. The van der Waals surface area contributed by atoms with E-state index < -0.39 is 12.2 Å².